The summed E-state index contributed by atoms with van der Waals surface area (Å²) in [5.74, 6) is 0. The fourth-order valence-corrected chi connectivity index (χ4v) is 4.16. The van der Waals surface area contributed by atoms with E-state index in [0.29, 0.717) is 0 Å². The van der Waals surface area contributed by atoms with Crippen molar-refractivity contribution < 1.29 is 0 Å². The molecule has 42 valence electrons. The van der Waals surface area contributed by atoms with Crippen molar-refractivity contribution >= 4 is 42.1 Å². The lowest BCUT2D eigenvalue weighted by atomic mass is 11.0. The zero-order valence-electron chi connectivity index (χ0n) is 3.72. The van der Waals surface area contributed by atoms with Gasteiger partial charge < -0.3 is 0 Å². The molecule has 0 atom stereocenters. The molecule has 0 N–H and O–H groups in total. The van der Waals surface area contributed by atoms with Crippen LogP contribution in [0.4, 0.5) is 0 Å². The van der Waals surface area contributed by atoms with Crippen LogP contribution in [0.3, 0.4) is 0 Å². The first kappa shape index (κ1) is 6.52. The fourth-order valence-electron chi connectivity index (χ4n) is 0.239. The SMILES string of the molecule is [SH2+]SSSC1CC1. The predicted molar refractivity (Wildman–Crippen MR) is 46.0 cm³/mol. The van der Waals surface area contributed by atoms with Gasteiger partial charge in [-0.2, -0.15) is 0 Å². The molecule has 1 rings (SSSR count). The molecule has 0 heterocycles. The number of rotatable bonds is 3. The lowest BCUT2D eigenvalue weighted by molar-refractivity contribution is 1.50. The van der Waals surface area contributed by atoms with Gasteiger partial charge in [-0.3, -0.25) is 0 Å². The van der Waals surface area contributed by atoms with E-state index in [4.69, 9.17) is 0 Å². The lowest BCUT2D eigenvalue weighted by Gasteiger charge is -1.82. The molecule has 4 heteroatoms. The van der Waals surface area contributed by atoms with Crippen molar-refractivity contribution in [2.75, 3.05) is 0 Å². The van der Waals surface area contributed by atoms with Gasteiger partial charge in [0.25, 0.3) is 0 Å². The van der Waals surface area contributed by atoms with E-state index in [-0.39, 0.29) is 0 Å². The smallest absolute Gasteiger partial charge is 0.0747 e. The van der Waals surface area contributed by atoms with Crippen molar-refractivity contribution in [2.45, 2.75) is 18.1 Å². The Hall–Kier alpha value is 1.40. The molecular formula is C3H7S4+. The maximum atomic E-state index is 3.31. The fraction of sp³-hybridized carbons (Fsp3) is 1.00. The largest absolute Gasteiger partial charge is 0.169 e. The van der Waals surface area contributed by atoms with Gasteiger partial charge in [0.05, 0.1) is 0 Å². The quantitative estimate of drug-likeness (QED) is 0.471. The Bertz CT molecular complexity index is 50.9. The molecule has 0 bridgehead atoms. The van der Waals surface area contributed by atoms with Crippen LogP contribution in [-0.4, -0.2) is 5.25 Å². The van der Waals surface area contributed by atoms with Crippen LogP contribution < -0.4 is 0 Å². The summed E-state index contributed by atoms with van der Waals surface area (Å²) in [6, 6.07) is 0. The highest BCUT2D eigenvalue weighted by molar-refractivity contribution is 9.21. The molecule has 0 aromatic rings. The highest BCUT2D eigenvalue weighted by atomic mass is 33.7. The van der Waals surface area contributed by atoms with Crippen molar-refractivity contribution in [3.63, 3.8) is 0 Å². The first-order chi connectivity index (χ1) is 3.43. The first-order valence-electron chi connectivity index (χ1n) is 2.09. The molecule has 1 saturated carbocycles. The van der Waals surface area contributed by atoms with E-state index in [1.165, 1.54) is 12.8 Å². The van der Waals surface area contributed by atoms with Gasteiger partial charge in [-0.25, -0.2) is 0 Å². The topological polar surface area (TPSA) is 0 Å². The summed E-state index contributed by atoms with van der Waals surface area (Å²) in [5, 5.41) is 0.980. The Morgan fingerprint density at radius 1 is 1.43 bits per heavy atom. The van der Waals surface area contributed by atoms with Gasteiger partial charge in [-0.15, -0.1) is 0 Å². The monoisotopic (exact) mass is 171 g/mol. The summed E-state index contributed by atoms with van der Waals surface area (Å²) >= 11 is 3.31. The summed E-state index contributed by atoms with van der Waals surface area (Å²) < 4.78 is 0. The van der Waals surface area contributed by atoms with E-state index in [2.05, 4.69) is 11.7 Å². The van der Waals surface area contributed by atoms with E-state index in [1.807, 2.05) is 20.6 Å². The van der Waals surface area contributed by atoms with E-state index in [9.17, 15) is 0 Å². The maximum absolute atomic E-state index is 3.31. The van der Waals surface area contributed by atoms with Crippen LogP contribution in [0.5, 0.6) is 0 Å². The van der Waals surface area contributed by atoms with Gasteiger partial charge >= 0.3 is 0 Å². The minimum Gasteiger partial charge on any atom is -0.0747 e. The average molecular weight is 171 g/mol. The molecular weight excluding hydrogens is 164 g/mol. The molecule has 0 aliphatic heterocycles. The van der Waals surface area contributed by atoms with E-state index in [0.717, 1.165) is 5.25 Å². The first-order valence-corrected chi connectivity index (χ1v) is 6.86. The Kier molecular flexibility index (Phi) is 3.19. The molecule has 0 aromatic heterocycles. The Morgan fingerprint density at radius 2 is 2.14 bits per heavy atom. The van der Waals surface area contributed by atoms with E-state index in [1.54, 1.807) is 9.83 Å². The molecule has 1 aliphatic carbocycles. The summed E-state index contributed by atoms with van der Waals surface area (Å²) in [6.45, 7) is 0. The molecule has 0 aromatic carbocycles. The van der Waals surface area contributed by atoms with Crippen molar-refractivity contribution in [3.8, 4) is 0 Å². The molecule has 0 amide bonds. The summed E-state index contributed by atoms with van der Waals surface area (Å²) in [5.41, 5.74) is 0. The molecule has 0 radical (unpaired) electrons. The maximum Gasteiger partial charge on any atom is 0.169 e. The second kappa shape index (κ2) is 3.43. The van der Waals surface area contributed by atoms with Crippen LogP contribution >= 0.6 is 30.4 Å². The predicted octanol–water partition coefficient (Wildman–Crippen LogP) is 2.10. The second-order valence-electron chi connectivity index (χ2n) is 1.45. The van der Waals surface area contributed by atoms with Crippen LogP contribution in [-0.2, 0) is 11.7 Å². The van der Waals surface area contributed by atoms with Crippen LogP contribution in [0.15, 0.2) is 0 Å². The Morgan fingerprint density at radius 3 is 2.57 bits per heavy atom. The number of hydrogen-bond donors (Lipinski definition) is 0. The minimum atomic E-state index is 0.980. The van der Waals surface area contributed by atoms with Crippen molar-refractivity contribution in [2.24, 2.45) is 0 Å². The van der Waals surface area contributed by atoms with Gasteiger partial charge in [0, 0.05) is 26.7 Å². The lowest BCUT2D eigenvalue weighted by Crippen LogP contribution is -1.57. The molecule has 1 fully saturated rings. The molecule has 0 nitrogen and oxygen atoms in total. The summed E-state index contributed by atoms with van der Waals surface area (Å²) in [6.07, 6.45) is 2.87. The third-order valence-corrected chi connectivity index (χ3v) is 6.04. The molecule has 0 saturated heterocycles. The van der Waals surface area contributed by atoms with E-state index >= 15 is 0 Å². The normalized spacial score (nSPS) is 20.1. The summed E-state index contributed by atoms with van der Waals surface area (Å²) in [7, 11) is 5.45. The third kappa shape index (κ3) is 3.06. The summed E-state index contributed by atoms with van der Waals surface area (Å²) in [4.78, 5) is 0. The molecule has 0 unspecified atom stereocenters. The van der Waals surface area contributed by atoms with Gasteiger partial charge in [0.15, 0.2) is 9.83 Å². The third-order valence-electron chi connectivity index (χ3n) is 0.734. The zero-order chi connectivity index (χ0) is 5.11. The average Bonchev–Trinajstić information content (AvgIpc) is 2.42. The van der Waals surface area contributed by atoms with Crippen LogP contribution in [0.1, 0.15) is 12.8 Å². The van der Waals surface area contributed by atoms with Crippen LogP contribution in [0.2, 0.25) is 0 Å². The van der Waals surface area contributed by atoms with Gasteiger partial charge in [0.1, 0.15) is 0 Å². The number of hydrogen-bond acceptors (Lipinski definition) is 3. The van der Waals surface area contributed by atoms with Crippen molar-refractivity contribution in [3.05, 3.63) is 0 Å². The Balaban J connectivity index is 1.80. The van der Waals surface area contributed by atoms with Gasteiger partial charge in [-0.1, -0.05) is 10.8 Å². The molecule has 0 spiro atoms. The van der Waals surface area contributed by atoms with Gasteiger partial charge in [0.2, 0.25) is 0 Å². The highest BCUT2D eigenvalue weighted by Crippen LogP contribution is 2.46. The van der Waals surface area contributed by atoms with Crippen LogP contribution in [0, 0.1) is 0 Å². The standard InChI is InChI=1S/C3H6S4/c4-6-7-5-3-1-2-3/h3-4H,1-2H2/p+1. The molecule has 1 aliphatic rings. The minimum absolute atomic E-state index is 0.980. The van der Waals surface area contributed by atoms with E-state index < -0.39 is 0 Å². The van der Waals surface area contributed by atoms with Crippen molar-refractivity contribution in [1.29, 1.82) is 0 Å². The highest BCUT2D eigenvalue weighted by Gasteiger charge is 2.22. The van der Waals surface area contributed by atoms with Gasteiger partial charge in [-0.05, 0) is 12.8 Å². The molecule has 7 heavy (non-hydrogen) atoms. The second-order valence-corrected chi connectivity index (χ2v) is 6.82. The van der Waals surface area contributed by atoms with Crippen LogP contribution in [0.25, 0.3) is 0 Å². The Labute approximate surface area is 60.2 Å². The zero-order valence-corrected chi connectivity index (χ0v) is 7.17. The van der Waals surface area contributed by atoms with Crippen molar-refractivity contribution in [1.82, 2.24) is 0 Å².